The van der Waals surface area contributed by atoms with E-state index in [0.29, 0.717) is 37.7 Å². The zero-order valence-corrected chi connectivity index (χ0v) is 15.3. The molecule has 5 heteroatoms. The van der Waals surface area contributed by atoms with Gasteiger partial charge in [-0.2, -0.15) is 0 Å². The van der Waals surface area contributed by atoms with E-state index in [1.165, 1.54) is 0 Å². The van der Waals surface area contributed by atoms with E-state index < -0.39 is 0 Å². The quantitative estimate of drug-likeness (QED) is 0.760. The van der Waals surface area contributed by atoms with E-state index in [1.54, 1.807) is 0 Å². The molecule has 2 heterocycles. The third kappa shape index (κ3) is 5.39. The van der Waals surface area contributed by atoms with E-state index in [4.69, 9.17) is 9.47 Å². The van der Waals surface area contributed by atoms with Crippen molar-refractivity contribution in [2.75, 3.05) is 26.4 Å². The van der Waals surface area contributed by atoms with Crippen LogP contribution in [0.4, 0.5) is 0 Å². The second-order valence-corrected chi connectivity index (χ2v) is 7.29. The molecule has 2 saturated heterocycles. The Kier molecular flexibility index (Phi) is 7.21. The van der Waals surface area contributed by atoms with Crippen molar-refractivity contribution < 1.29 is 19.1 Å². The zero-order valence-electron chi connectivity index (χ0n) is 15.3. The molecule has 0 saturated carbocycles. The van der Waals surface area contributed by atoms with Gasteiger partial charge < -0.3 is 14.8 Å². The summed E-state index contributed by atoms with van der Waals surface area (Å²) < 4.78 is 11.1. The van der Waals surface area contributed by atoms with Crippen molar-refractivity contribution in [3.63, 3.8) is 0 Å². The third-order valence-corrected chi connectivity index (χ3v) is 5.52. The van der Waals surface area contributed by atoms with Gasteiger partial charge in [0.25, 0.3) is 0 Å². The van der Waals surface area contributed by atoms with Crippen LogP contribution in [0.5, 0.6) is 0 Å². The fraction of sp³-hybridized carbons (Fsp3) is 0.619. The molecule has 5 nitrogen and oxygen atoms in total. The minimum Gasteiger partial charge on any atom is -0.381 e. The summed E-state index contributed by atoms with van der Waals surface area (Å²) in [4.78, 5) is 24.5. The van der Waals surface area contributed by atoms with Gasteiger partial charge in [0.1, 0.15) is 0 Å². The van der Waals surface area contributed by atoms with Crippen LogP contribution in [0.25, 0.3) is 0 Å². The van der Waals surface area contributed by atoms with Crippen molar-refractivity contribution in [2.45, 2.75) is 44.6 Å². The number of ketones is 1. The number of hydrogen-bond acceptors (Lipinski definition) is 4. The van der Waals surface area contributed by atoms with E-state index >= 15 is 0 Å². The number of nitrogens with one attached hydrogen (secondary N) is 1. The molecule has 0 aromatic heterocycles. The molecule has 2 atom stereocenters. The molecule has 0 spiro atoms. The van der Waals surface area contributed by atoms with Gasteiger partial charge >= 0.3 is 0 Å². The first kappa shape index (κ1) is 19.1. The maximum absolute atomic E-state index is 12.4. The van der Waals surface area contributed by atoms with Gasteiger partial charge in [-0.15, -0.1) is 0 Å². The Morgan fingerprint density at radius 2 is 1.69 bits per heavy atom. The summed E-state index contributed by atoms with van der Waals surface area (Å²) in [7, 11) is 0. The monoisotopic (exact) mass is 359 g/mol. The molecule has 1 N–H and O–H groups in total. The number of ether oxygens (including phenoxy) is 2. The van der Waals surface area contributed by atoms with Crippen LogP contribution in [0.2, 0.25) is 0 Å². The second-order valence-electron chi connectivity index (χ2n) is 7.29. The summed E-state index contributed by atoms with van der Waals surface area (Å²) in [5, 5.41) is 3.21. The van der Waals surface area contributed by atoms with Gasteiger partial charge in [-0.05, 0) is 31.6 Å². The Morgan fingerprint density at radius 1 is 0.962 bits per heavy atom. The highest BCUT2D eigenvalue weighted by Crippen LogP contribution is 2.30. The van der Waals surface area contributed by atoms with Gasteiger partial charge in [-0.1, -0.05) is 30.3 Å². The van der Waals surface area contributed by atoms with Crippen molar-refractivity contribution in [3.8, 4) is 0 Å². The molecular formula is C21H29NO4. The first-order valence-electron chi connectivity index (χ1n) is 9.77. The Bertz CT molecular complexity index is 583. The van der Waals surface area contributed by atoms with Crippen molar-refractivity contribution in [1.82, 2.24) is 5.32 Å². The van der Waals surface area contributed by atoms with E-state index in [2.05, 4.69) is 5.32 Å². The Morgan fingerprint density at radius 3 is 2.46 bits per heavy atom. The van der Waals surface area contributed by atoms with E-state index in [-0.39, 0.29) is 17.7 Å². The predicted molar refractivity (Wildman–Crippen MR) is 99.0 cm³/mol. The molecule has 0 radical (unpaired) electrons. The number of hydrogen-bond donors (Lipinski definition) is 1. The Labute approximate surface area is 155 Å². The van der Waals surface area contributed by atoms with Crippen LogP contribution in [-0.4, -0.2) is 44.2 Å². The summed E-state index contributed by atoms with van der Waals surface area (Å²) in [6, 6.07) is 9.45. The van der Waals surface area contributed by atoms with Gasteiger partial charge in [-0.3, -0.25) is 9.59 Å². The fourth-order valence-corrected chi connectivity index (χ4v) is 4.00. The lowest BCUT2D eigenvalue weighted by Gasteiger charge is -2.39. The molecule has 2 fully saturated rings. The van der Waals surface area contributed by atoms with E-state index in [9.17, 15) is 9.59 Å². The van der Waals surface area contributed by atoms with Gasteiger partial charge in [-0.25, -0.2) is 0 Å². The molecule has 1 amide bonds. The number of carbonyl (C=O) groups is 2. The van der Waals surface area contributed by atoms with Crippen LogP contribution in [0.1, 0.15) is 48.9 Å². The molecule has 3 rings (SSSR count). The number of benzene rings is 1. The van der Waals surface area contributed by atoms with Crippen molar-refractivity contribution in [2.24, 2.45) is 11.8 Å². The SMILES string of the molecule is O=C(CCCC(=O)c1ccccc1)N[C@H]1CCOC[C@H]1C1CCOCC1. The molecule has 1 aromatic rings. The van der Waals surface area contributed by atoms with Gasteiger partial charge in [0.05, 0.1) is 6.61 Å². The average molecular weight is 359 g/mol. The molecule has 0 aliphatic carbocycles. The highest BCUT2D eigenvalue weighted by Gasteiger charge is 2.34. The smallest absolute Gasteiger partial charge is 0.220 e. The van der Waals surface area contributed by atoms with Crippen LogP contribution in [-0.2, 0) is 14.3 Å². The second kappa shape index (κ2) is 9.83. The first-order chi connectivity index (χ1) is 12.7. The fourth-order valence-electron chi connectivity index (χ4n) is 4.00. The van der Waals surface area contributed by atoms with Crippen molar-refractivity contribution in [1.29, 1.82) is 0 Å². The van der Waals surface area contributed by atoms with Gasteiger partial charge in [0.15, 0.2) is 5.78 Å². The van der Waals surface area contributed by atoms with Crippen molar-refractivity contribution >= 4 is 11.7 Å². The normalized spacial score (nSPS) is 24.2. The largest absolute Gasteiger partial charge is 0.381 e. The van der Waals surface area contributed by atoms with Crippen LogP contribution < -0.4 is 5.32 Å². The highest BCUT2D eigenvalue weighted by molar-refractivity contribution is 5.96. The zero-order chi connectivity index (χ0) is 18.2. The topological polar surface area (TPSA) is 64.6 Å². The lowest BCUT2D eigenvalue weighted by molar-refractivity contribution is -0.124. The summed E-state index contributed by atoms with van der Waals surface area (Å²) in [5.74, 6) is 1.09. The van der Waals surface area contributed by atoms with Crippen LogP contribution in [0, 0.1) is 11.8 Å². The minimum atomic E-state index is 0.0508. The number of Topliss-reactive ketones (excluding diaryl/α,β-unsaturated/α-hetero) is 1. The van der Waals surface area contributed by atoms with Crippen LogP contribution in [0.3, 0.4) is 0 Å². The Hall–Kier alpha value is -1.72. The summed E-state index contributed by atoms with van der Waals surface area (Å²) >= 11 is 0. The summed E-state index contributed by atoms with van der Waals surface area (Å²) in [6.45, 7) is 3.05. The Balaban J connectivity index is 1.43. The van der Waals surface area contributed by atoms with Crippen LogP contribution >= 0.6 is 0 Å². The van der Waals surface area contributed by atoms with E-state index in [0.717, 1.165) is 44.6 Å². The van der Waals surface area contributed by atoms with Crippen LogP contribution in [0.15, 0.2) is 30.3 Å². The number of amides is 1. The lowest BCUT2D eigenvalue weighted by Crippen LogP contribution is -2.49. The third-order valence-electron chi connectivity index (χ3n) is 5.52. The molecule has 26 heavy (non-hydrogen) atoms. The number of carbonyl (C=O) groups excluding carboxylic acids is 2. The number of rotatable bonds is 7. The highest BCUT2D eigenvalue weighted by atomic mass is 16.5. The first-order valence-corrected chi connectivity index (χ1v) is 9.77. The molecule has 0 unspecified atom stereocenters. The maximum atomic E-state index is 12.4. The maximum Gasteiger partial charge on any atom is 0.220 e. The molecule has 142 valence electrons. The standard InChI is InChI=1S/C21H29NO4/c23-20(17-5-2-1-3-6-17)7-4-8-21(24)22-19-11-14-26-15-18(19)16-9-12-25-13-10-16/h1-3,5-6,16,18-19H,4,7-15H2,(H,22,24)/t18-,19-/m0/s1. The van der Waals surface area contributed by atoms with Gasteiger partial charge in [0.2, 0.25) is 5.91 Å². The predicted octanol–water partition coefficient (Wildman–Crippen LogP) is 2.99. The van der Waals surface area contributed by atoms with Gasteiger partial charge in [0, 0.05) is 50.2 Å². The molecule has 2 aliphatic rings. The molecule has 2 aliphatic heterocycles. The average Bonchev–Trinajstić information content (AvgIpc) is 2.69. The lowest BCUT2D eigenvalue weighted by atomic mass is 9.79. The summed E-state index contributed by atoms with van der Waals surface area (Å²) in [6.07, 6.45) is 4.37. The van der Waals surface area contributed by atoms with E-state index in [1.807, 2.05) is 30.3 Å². The molecule has 0 bridgehead atoms. The molecular weight excluding hydrogens is 330 g/mol. The van der Waals surface area contributed by atoms with Crippen molar-refractivity contribution in [3.05, 3.63) is 35.9 Å². The minimum absolute atomic E-state index is 0.0508. The summed E-state index contributed by atoms with van der Waals surface area (Å²) in [5.41, 5.74) is 0.719. The molecule has 1 aromatic carbocycles.